The molecule has 0 atom stereocenters. The molecular weight excluding hydrogens is 242 g/mol. The number of anilines is 1. The van der Waals surface area contributed by atoms with Crippen LogP contribution in [-0.2, 0) is 4.79 Å². The van der Waals surface area contributed by atoms with Crippen LogP contribution in [0.1, 0.15) is 39.2 Å². The Hall–Kier alpha value is -1.55. The number of hydrogen-bond donors (Lipinski definition) is 1. The molecule has 0 aromatic heterocycles. The van der Waals surface area contributed by atoms with Crippen molar-refractivity contribution >= 4 is 11.6 Å². The third kappa shape index (κ3) is 3.47. The van der Waals surface area contributed by atoms with E-state index in [0.717, 1.165) is 5.56 Å². The Morgan fingerprint density at radius 2 is 1.95 bits per heavy atom. The maximum absolute atomic E-state index is 12.1. The van der Waals surface area contributed by atoms with Gasteiger partial charge in [0.2, 0.25) is 0 Å². The number of carbonyl (C=O) groups excluding carboxylic acids is 1. The van der Waals surface area contributed by atoms with Crippen molar-refractivity contribution in [3.63, 3.8) is 0 Å². The van der Waals surface area contributed by atoms with E-state index in [1.807, 2.05) is 18.2 Å². The average Bonchev–Trinajstić information content (AvgIpc) is 2.34. The van der Waals surface area contributed by atoms with Gasteiger partial charge in [-0.25, -0.2) is 0 Å². The smallest absolute Gasteiger partial charge is 0.258 e. The summed E-state index contributed by atoms with van der Waals surface area (Å²) in [6.07, 6.45) is 0. The van der Waals surface area contributed by atoms with Crippen molar-refractivity contribution in [3.8, 4) is 5.75 Å². The second-order valence-electron chi connectivity index (χ2n) is 5.51. The second-order valence-corrected chi connectivity index (χ2v) is 5.51. The number of methoxy groups -OCH3 is 1. The Kier molecular flexibility index (Phi) is 4.58. The lowest BCUT2D eigenvalue weighted by molar-refractivity contribution is -0.133. The average molecular weight is 265 g/mol. The Balaban J connectivity index is 3.23. The normalized spacial score (nSPS) is 11.6. The van der Waals surface area contributed by atoms with Gasteiger partial charge in [-0.3, -0.25) is 4.79 Å². The zero-order chi connectivity index (χ0) is 14.8. The summed E-state index contributed by atoms with van der Waals surface area (Å²) in [6.45, 7) is 7.13. The van der Waals surface area contributed by atoms with E-state index in [0.29, 0.717) is 17.4 Å². The number of amides is 1. The van der Waals surface area contributed by atoms with Gasteiger partial charge in [0.1, 0.15) is 11.4 Å². The number of ether oxygens (including phenoxy) is 1. The fourth-order valence-electron chi connectivity index (χ4n) is 1.85. The van der Waals surface area contributed by atoms with Crippen LogP contribution in [0.5, 0.6) is 5.75 Å². The molecule has 0 bridgehead atoms. The quantitative estimate of drug-likeness (QED) is 0.910. The van der Waals surface area contributed by atoms with E-state index < -0.39 is 5.60 Å². The number of rotatable bonds is 4. The molecule has 0 heterocycles. The molecule has 0 radical (unpaired) electrons. The van der Waals surface area contributed by atoms with Gasteiger partial charge in [-0.1, -0.05) is 19.9 Å². The van der Waals surface area contributed by atoms with Crippen molar-refractivity contribution in [2.24, 2.45) is 0 Å². The van der Waals surface area contributed by atoms with Crippen molar-refractivity contribution in [2.75, 3.05) is 19.1 Å². The molecule has 1 aromatic carbocycles. The van der Waals surface area contributed by atoms with Crippen LogP contribution in [0.2, 0.25) is 0 Å². The monoisotopic (exact) mass is 265 g/mol. The summed E-state index contributed by atoms with van der Waals surface area (Å²) in [5.41, 5.74) is 0.375. The van der Waals surface area contributed by atoms with Gasteiger partial charge in [-0.05, 0) is 37.5 Å². The number of aliphatic hydroxyl groups is 1. The maximum atomic E-state index is 12.1. The van der Waals surface area contributed by atoms with Crippen molar-refractivity contribution in [3.05, 3.63) is 23.8 Å². The number of carbonyl (C=O) groups is 1. The highest BCUT2D eigenvalue weighted by atomic mass is 16.5. The van der Waals surface area contributed by atoms with Gasteiger partial charge in [-0.15, -0.1) is 0 Å². The van der Waals surface area contributed by atoms with Gasteiger partial charge in [0.15, 0.2) is 0 Å². The molecule has 0 fully saturated rings. The third-order valence-electron chi connectivity index (χ3n) is 3.06. The Bertz CT molecular complexity index is 461. The molecule has 0 saturated carbocycles. The maximum Gasteiger partial charge on any atom is 0.258 e. The summed E-state index contributed by atoms with van der Waals surface area (Å²) >= 11 is 0. The van der Waals surface area contributed by atoms with E-state index in [4.69, 9.17) is 4.74 Å². The first-order valence-corrected chi connectivity index (χ1v) is 6.37. The largest absolute Gasteiger partial charge is 0.495 e. The molecule has 4 heteroatoms. The minimum atomic E-state index is -1.41. The van der Waals surface area contributed by atoms with Crippen LogP contribution in [0, 0.1) is 0 Å². The zero-order valence-electron chi connectivity index (χ0n) is 12.5. The number of likely N-dealkylation sites (N-methyl/N-ethyl adjacent to an activating group) is 1. The van der Waals surface area contributed by atoms with Crippen molar-refractivity contribution in [1.82, 2.24) is 0 Å². The Morgan fingerprint density at radius 1 is 1.37 bits per heavy atom. The van der Waals surface area contributed by atoms with Crippen LogP contribution in [0.3, 0.4) is 0 Å². The molecule has 19 heavy (non-hydrogen) atoms. The molecule has 106 valence electrons. The lowest BCUT2D eigenvalue weighted by Crippen LogP contribution is -2.43. The summed E-state index contributed by atoms with van der Waals surface area (Å²) in [5.74, 6) is 0.603. The summed E-state index contributed by atoms with van der Waals surface area (Å²) in [7, 11) is 3.21. The molecule has 1 rings (SSSR count). The highest BCUT2D eigenvalue weighted by Gasteiger charge is 2.29. The number of nitrogens with zero attached hydrogens (tertiary/aromatic N) is 1. The molecule has 0 unspecified atom stereocenters. The molecule has 0 aliphatic rings. The van der Waals surface area contributed by atoms with Crippen LogP contribution in [0.15, 0.2) is 18.2 Å². The third-order valence-corrected chi connectivity index (χ3v) is 3.06. The first kappa shape index (κ1) is 15.5. The molecular formula is C15H23NO3. The molecule has 0 saturated heterocycles. The van der Waals surface area contributed by atoms with Crippen molar-refractivity contribution in [2.45, 2.75) is 39.2 Å². The van der Waals surface area contributed by atoms with E-state index in [2.05, 4.69) is 13.8 Å². The molecule has 1 N–H and O–H groups in total. The minimum absolute atomic E-state index is 0.357. The molecule has 1 amide bonds. The topological polar surface area (TPSA) is 49.8 Å². The molecule has 0 aliphatic carbocycles. The van der Waals surface area contributed by atoms with Crippen molar-refractivity contribution in [1.29, 1.82) is 0 Å². The molecule has 1 aromatic rings. The van der Waals surface area contributed by atoms with Gasteiger partial charge in [-0.2, -0.15) is 0 Å². The summed E-state index contributed by atoms with van der Waals surface area (Å²) < 4.78 is 5.29. The molecule has 0 aliphatic heterocycles. The SMILES string of the molecule is COc1ccc(C(C)C)cc1N(C)C(=O)C(C)(C)O. The van der Waals surface area contributed by atoms with Gasteiger partial charge >= 0.3 is 0 Å². The summed E-state index contributed by atoms with van der Waals surface area (Å²) in [6, 6.07) is 5.75. The first-order chi connectivity index (χ1) is 8.68. The minimum Gasteiger partial charge on any atom is -0.495 e. The fraction of sp³-hybridized carbons (Fsp3) is 0.533. The Morgan fingerprint density at radius 3 is 2.37 bits per heavy atom. The van der Waals surface area contributed by atoms with E-state index in [1.54, 1.807) is 14.2 Å². The predicted octanol–water partition coefficient (Wildman–Crippen LogP) is 2.55. The standard InChI is InChI=1S/C15H23NO3/c1-10(2)11-7-8-13(19-6)12(9-11)16(5)14(17)15(3,4)18/h7-10,18H,1-6H3. The molecule has 4 nitrogen and oxygen atoms in total. The first-order valence-electron chi connectivity index (χ1n) is 6.37. The van der Waals surface area contributed by atoms with Gasteiger partial charge in [0.05, 0.1) is 12.8 Å². The highest BCUT2D eigenvalue weighted by Crippen LogP contribution is 2.32. The van der Waals surface area contributed by atoms with Gasteiger partial charge in [0, 0.05) is 7.05 Å². The number of hydrogen-bond acceptors (Lipinski definition) is 3. The van der Waals surface area contributed by atoms with E-state index in [9.17, 15) is 9.90 Å². The van der Waals surface area contributed by atoms with Crippen LogP contribution in [-0.4, -0.2) is 30.8 Å². The van der Waals surface area contributed by atoms with Crippen LogP contribution in [0.25, 0.3) is 0 Å². The Labute approximate surface area is 115 Å². The van der Waals surface area contributed by atoms with Crippen LogP contribution in [0.4, 0.5) is 5.69 Å². The van der Waals surface area contributed by atoms with Crippen LogP contribution >= 0.6 is 0 Å². The zero-order valence-corrected chi connectivity index (χ0v) is 12.5. The van der Waals surface area contributed by atoms with E-state index in [1.165, 1.54) is 18.7 Å². The van der Waals surface area contributed by atoms with Crippen LogP contribution < -0.4 is 9.64 Å². The predicted molar refractivity (Wildman–Crippen MR) is 76.8 cm³/mol. The highest BCUT2D eigenvalue weighted by molar-refractivity contribution is 5.99. The van der Waals surface area contributed by atoms with Crippen molar-refractivity contribution < 1.29 is 14.6 Å². The fourth-order valence-corrected chi connectivity index (χ4v) is 1.85. The summed E-state index contributed by atoms with van der Waals surface area (Å²) in [4.78, 5) is 13.6. The van der Waals surface area contributed by atoms with Gasteiger partial charge < -0.3 is 14.7 Å². The lowest BCUT2D eigenvalue weighted by atomic mass is 10.0. The lowest BCUT2D eigenvalue weighted by Gasteiger charge is -2.27. The second kappa shape index (κ2) is 5.61. The molecule has 0 spiro atoms. The van der Waals surface area contributed by atoms with E-state index >= 15 is 0 Å². The van der Waals surface area contributed by atoms with Gasteiger partial charge in [0.25, 0.3) is 5.91 Å². The number of benzene rings is 1. The van der Waals surface area contributed by atoms with E-state index in [-0.39, 0.29) is 5.91 Å². The summed E-state index contributed by atoms with van der Waals surface area (Å²) in [5, 5.41) is 9.83.